The first-order chi connectivity index (χ1) is 8.58. The van der Waals surface area contributed by atoms with Gasteiger partial charge in [-0.3, -0.25) is 0 Å². The van der Waals surface area contributed by atoms with Gasteiger partial charge in [0.1, 0.15) is 11.6 Å². The standard InChI is InChI=1S/C16H16F2/c1-11(2)10-12-6-8-13(9-7-12)16-14(17)4-3-5-15(16)18/h3-9,11H,10H2,1-2H3. The number of rotatable bonds is 3. The molecule has 0 aliphatic heterocycles. The zero-order chi connectivity index (χ0) is 13.1. The summed E-state index contributed by atoms with van der Waals surface area (Å²) in [5, 5.41) is 0. The van der Waals surface area contributed by atoms with Gasteiger partial charge in [0.05, 0.1) is 5.56 Å². The van der Waals surface area contributed by atoms with Crippen molar-refractivity contribution in [1.29, 1.82) is 0 Å². The molecule has 2 heteroatoms. The normalized spacial score (nSPS) is 10.9. The summed E-state index contributed by atoms with van der Waals surface area (Å²) >= 11 is 0. The molecule has 0 spiro atoms. The van der Waals surface area contributed by atoms with Crippen LogP contribution in [0.25, 0.3) is 11.1 Å². The Balaban J connectivity index is 2.35. The molecule has 0 atom stereocenters. The molecular weight excluding hydrogens is 230 g/mol. The minimum atomic E-state index is -0.522. The fourth-order valence-corrected chi connectivity index (χ4v) is 2.05. The van der Waals surface area contributed by atoms with Crippen LogP contribution in [0, 0.1) is 17.6 Å². The van der Waals surface area contributed by atoms with E-state index in [1.165, 1.54) is 23.8 Å². The predicted molar refractivity (Wildman–Crippen MR) is 70.3 cm³/mol. The highest BCUT2D eigenvalue weighted by atomic mass is 19.1. The summed E-state index contributed by atoms with van der Waals surface area (Å²) in [6.07, 6.45) is 0.972. The molecule has 0 N–H and O–H groups in total. The summed E-state index contributed by atoms with van der Waals surface area (Å²) in [6.45, 7) is 4.29. The van der Waals surface area contributed by atoms with E-state index >= 15 is 0 Å². The predicted octanol–water partition coefficient (Wildman–Crippen LogP) is 4.83. The molecule has 2 aromatic rings. The lowest BCUT2D eigenvalue weighted by Crippen LogP contribution is -1.94. The second-order valence-electron chi connectivity index (χ2n) is 4.89. The molecule has 0 amide bonds. The van der Waals surface area contributed by atoms with E-state index in [9.17, 15) is 8.78 Å². The molecule has 2 rings (SSSR count). The molecule has 0 aromatic heterocycles. The van der Waals surface area contributed by atoms with Crippen LogP contribution < -0.4 is 0 Å². The van der Waals surface area contributed by atoms with Gasteiger partial charge in [-0.1, -0.05) is 44.2 Å². The van der Waals surface area contributed by atoms with Crippen molar-refractivity contribution in [1.82, 2.24) is 0 Å². The zero-order valence-electron chi connectivity index (χ0n) is 10.6. The van der Waals surface area contributed by atoms with Gasteiger partial charge >= 0.3 is 0 Å². The maximum Gasteiger partial charge on any atom is 0.133 e. The largest absolute Gasteiger partial charge is 0.206 e. The van der Waals surface area contributed by atoms with E-state index in [-0.39, 0.29) is 5.56 Å². The monoisotopic (exact) mass is 246 g/mol. The third-order valence-corrected chi connectivity index (χ3v) is 2.85. The smallest absolute Gasteiger partial charge is 0.133 e. The summed E-state index contributed by atoms with van der Waals surface area (Å²) in [5.74, 6) is -0.473. The number of hydrogen-bond acceptors (Lipinski definition) is 0. The van der Waals surface area contributed by atoms with Crippen molar-refractivity contribution >= 4 is 0 Å². The Morgan fingerprint density at radius 2 is 1.44 bits per heavy atom. The quantitative estimate of drug-likeness (QED) is 0.727. The van der Waals surface area contributed by atoms with Gasteiger partial charge < -0.3 is 0 Å². The molecule has 18 heavy (non-hydrogen) atoms. The van der Waals surface area contributed by atoms with E-state index in [0.717, 1.165) is 6.42 Å². The van der Waals surface area contributed by atoms with Crippen molar-refractivity contribution in [3.05, 3.63) is 59.7 Å². The van der Waals surface area contributed by atoms with Crippen molar-refractivity contribution < 1.29 is 8.78 Å². The van der Waals surface area contributed by atoms with E-state index < -0.39 is 11.6 Å². The number of benzene rings is 2. The molecule has 0 heterocycles. The van der Waals surface area contributed by atoms with Crippen LogP contribution in [0.2, 0.25) is 0 Å². The first-order valence-corrected chi connectivity index (χ1v) is 6.11. The molecule has 94 valence electrons. The van der Waals surface area contributed by atoms with Crippen LogP contribution in [-0.4, -0.2) is 0 Å². The van der Waals surface area contributed by atoms with E-state index in [2.05, 4.69) is 13.8 Å². The van der Waals surface area contributed by atoms with Crippen LogP contribution in [0.5, 0.6) is 0 Å². The van der Waals surface area contributed by atoms with Crippen LogP contribution in [0.3, 0.4) is 0 Å². The summed E-state index contributed by atoms with van der Waals surface area (Å²) in [4.78, 5) is 0. The van der Waals surface area contributed by atoms with E-state index in [4.69, 9.17) is 0 Å². The van der Waals surface area contributed by atoms with Gasteiger partial charge in [0.15, 0.2) is 0 Å². The first-order valence-electron chi connectivity index (χ1n) is 6.11. The van der Waals surface area contributed by atoms with Crippen LogP contribution >= 0.6 is 0 Å². The molecule has 0 saturated heterocycles. The summed E-state index contributed by atoms with van der Waals surface area (Å²) < 4.78 is 27.2. The van der Waals surface area contributed by atoms with Crippen LogP contribution in [0.1, 0.15) is 19.4 Å². The summed E-state index contributed by atoms with van der Waals surface area (Å²) in [7, 11) is 0. The molecule has 0 nitrogen and oxygen atoms in total. The second-order valence-corrected chi connectivity index (χ2v) is 4.89. The topological polar surface area (TPSA) is 0 Å². The minimum Gasteiger partial charge on any atom is -0.206 e. The average Bonchev–Trinajstić information content (AvgIpc) is 2.30. The Bertz CT molecular complexity index is 507. The van der Waals surface area contributed by atoms with E-state index in [1.807, 2.05) is 12.1 Å². The maximum absolute atomic E-state index is 13.6. The van der Waals surface area contributed by atoms with Crippen LogP contribution in [0.4, 0.5) is 8.78 Å². The highest BCUT2D eigenvalue weighted by molar-refractivity contribution is 5.65. The summed E-state index contributed by atoms with van der Waals surface area (Å²) in [5.41, 5.74) is 1.82. The second kappa shape index (κ2) is 5.30. The van der Waals surface area contributed by atoms with Gasteiger partial charge in [-0.15, -0.1) is 0 Å². The van der Waals surface area contributed by atoms with E-state index in [0.29, 0.717) is 11.5 Å². The van der Waals surface area contributed by atoms with Gasteiger partial charge in [-0.05, 0) is 35.6 Å². The molecule has 0 saturated carbocycles. The Labute approximate surface area is 106 Å². The molecule has 0 aliphatic rings. The highest BCUT2D eigenvalue weighted by Gasteiger charge is 2.10. The fraction of sp³-hybridized carbons (Fsp3) is 0.250. The highest BCUT2D eigenvalue weighted by Crippen LogP contribution is 2.26. The van der Waals surface area contributed by atoms with Crippen LogP contribution in [-0.2, 0) is 6.42 Å². The van der Waals surface area contributed by atoms with Crippen molar-refractivity contribution in [2.75, 3.05) is 0 Å². The van der Waals surface area contributed by atoms with Crippen molar-refractivity contribution in [2.24, 2.45) is 5.92 Å². The lowest BCUT2D eigenvalue weighted by Gasteiger charge is -2.08. The van der Waals surface area contributed by atoms with E-state index in [1.54, 1.807) is 12.1 Å². The van der Waals surface area contributed by atoms with Gasteiger partial charge in [0.2, 0.25) is 0 Å². The first kappa shape index (κ1) is 12.7. The van der Waals surface area contributed by atoms with Gasteiger partial charge in [0, 0.05) is 0 Å². The maximum atomic E-state index is 13.6. The SMILES string of the molecule is CC(C)Cc1ccc(-c2c(F)cccc2F)cc1. The van der Waals surface area contributed by atoms with Crippen molar-refractivity contribution in [2.45, 2.75) is 20.3 Å². The van der Waals surface area contributed by atoms with Gasteiger partial charge in [-0.25, -0.2) is 8.78 Å². The number of hydrogen-bond donors (Lipinski definition) is 0. The molecule has 0 bridgehead atoms. The Morgan fingerprint density at radius 1 is 0.889 bits per heavy atom. The van der Waals surface area contributed by atoms with Gasteiger partial charge in [0.25, 0.3) is 0 Å². The Morgan fingerprint density at radius 3 is 1.94 bits per heavy atom. The lowest BCUT2D eigenvalue weighted by molar-refractivity contribution is 0.589. The molecule has 2 aromatic carbocycles. The Kier molecular flexibility index (Phi) is 3.75. The fourth-order valence-electron chi connectivity index (χ4n) is 2.05. The van der Waals surface area contributed by atoms with Crippen molar-refractivity contribution in [3.8, 4) is 11.1 Å². The van der Waals surface area contributed by atoms with Crippen molar-refractivity contribution in [3.63, 3.8) is 0 Å². The molecular formula is C16H16F2. The molecule has 0 fully saturated rings. The molecule has 0 unspecified atom stereocenters. The minimum absolute atomic E-state index is 0.0496. The zero-order valence-corrected chi connectivity index (χ0v) is 10.6. The third-order valence-electron chi connectivity index (χ3n) is 2.85. The summed E-state index contributed by atoms with van der Waals surface area (Å²) in [6, 6.07) is 11.4. The molecule has 0 aliphatic carbocycles. The lowest BCUT2D eigenvalue weighted by atomic mass is 9.99. The third kappa shape index (κ3) is 2.76. The number of halogens is 2. The molecule has 0 radical (unpaired) electrons. The van der Waals surface area contributed by atoms with Crippen LogP contribution in [0.15, 0.2) is 42.5 Å². The Hall–Kier alpha value is -1.70. The van der Waals surface area contributed by atoms with Gasteiger partial charge in [-0.2, -0.15) is 0 Å². The average molecular weight is 246 g/mol.